The molecule has 0 unspecified atom stereocenters. The minimum atomic E-state index is -4.47. The van der Waals surface area contributed by atoms with Gasteiger partial charge in [0.2, 0.25) is 0 Å². The van der Waals surface area contributed by atoms with Gasteiger partial charge < -0.3 is 5.73 Å². The number of aromatic nitrogens is 1. The summed E-state index contributed by atoms with van der Waals surface area (Å²) in [5.41, 5.74) is 9.00. The van der Waals surface area contributed by atoms with Crippen LogP contribution < -0.4 is 5.73 Å². The van der Waals surface area contributed by atoms with E-state index >= 15 is 0 Å². The van der Waals surface area contributed by atoms with Crippen LogP contribution in [0.25, 0.3) is 32.8 Å². The summed E-state index contributed by atoms with van der Waals surface area (Å²) in [4.78, 5) is 4.26. The maximum atomic E-state index is 11.9. The second-order valence-electron chi connectivity index (χ2n) is 7.46. The molecule has 0 bridgehead atoms. The molecule has 0 saturated carbocycles. The van der Waals surface area contributed by atoms with Gasteiger partial charge in [-0.1, -0.05) is 60.7 Å². The fourth-order valence-electron chi connectivity index (χ4n) is 3.79. The van der Waals surface area contributed by atoms with Crippen LogP contribution in [0.1, 0.15) is 0 Å². The number of fused-ring (bicyclic) bond motifs is 2. The number of rotatable bonds is 4. The van der Waals surface area contributed by atoms with Crippen molar-refractivity contribution in [3.8, 4) is 11.3 Å². The van der Waals surface area contributed by atoms with Crippen molar-refractivity contribution in [2.24, 2.45) is 10.2 Å². The van der Waals surface area contributed by atoms with Gasteiger partial charge in [-0.3, -0.25) is 9.54 Å². The van der Waals surface area contributed by atoms with Gasteiger partial charge >= 0.3 is 29.6 Å². The molecule has 1 heterocycles. The van der Waals surface area contributed by atoms with E-state index in [4.69, 9.17) is 5.73 Å². The van der Waals surface area contributed by atoms with E-state index in [0.717, 1.165) is 22.0 Å². The molecular formula is C25H19N4NaO3S. The zero-order chi connectivity index (χ0) is 23.0. The molecule has 3 N–H and O–H groups in total. The number of pyridine rings is 1. The van der Waals surface area contributed by atoms with Crippen LogP contribution in [0.4, 0.5) is 17.1 Å². The number of nitrogens with zero attached hydrogens (tertiary/aromatic N) is 3. The molecule has 5 aromatic rings. The van der Waals surface area contributed by atoms with Crippen LogP contribution in [0, 0.1) is 0 Å². The van der Waals surface area contributed by atoms with Crippen molar-refractivity contribution >= 4 is 78.3 Å². The normalized spacial score (nSPS) is 11.7. The first-order valence-electron chi connectivity index (χ1n) is 10.1. The van der Waals surface area contributed by atoms with E-state index in [1.807, 2.05) is 42.5 Å². The Balaban J connectivity index is 0.00000274. The van der Waals surface area contributed by atoms with Gasteiger partial charge in [-0.15, -0.1) is 5.11 Å². The Labute approximate surface area is 218 Å². The van der Waals surface area contributed by atoms with Gasteiger partial charge in [-0.05, 0) is 29.7 Å². The Morgan fingerprint density at radius 2 is 1.44 bits per heavy atom. The van der Waals surface area contributed by atoms with Crippen LogP contribution in [0.3, 0.4) is 0 Å². The quantitative estimate of drug-likeness (QED) is 0.150. The zero-order valence-corrected chi connectivity index (χ0v) is 18.1. The molecule has 4 aromatic carbocycles. The summed E-state index contributed by atoms with van der Waals surface area (Å²) in [5, 5.41) is 11.3. The van der Waals surface area contributed by atoms with Crippen molar-refractivity contribution < 1.29 is 13.0 Å². The SMILES string of the molecule is Nc1c(N=Nc2ccc(-c3nccc4ccccc34)cc2)cc(S(=O)(=O)O)c2ccccc12.[NaH]. The first-order chi connectivity index (χ1) is 15.9. The molecule has 5 rings (SSSR count). The molecule has 0 radical (unpaired) electrons. The third-order valence-corrected chi connectivity index (χ3v) is 6.29. The predicted molar refractivity (Wildman–Crippen MR) is 137 cm³/mol. The molecule has 9 heteroatoms. The summed E-state index contributed by atoms with van der Waals surface area (Å²) in [6, 6.07) is 25.3. The van der Waals surface area contributed by atoms with Crippen molar-refractivity contribution in [2.45, 2.75) is 4.90 Å². The number of benzene rings is 4. The van der Waals surface area contributed by atoms with Crippen LogP contribution in [0.2, 0.25) is 0 Å². The van der Waals surface area contributed by atoms with Crippen LogP contribution >= 0.6 is 0 Å². The maximum absolute atomic E-state index is 11.9. The van der Waals surface area contributed by atoms with Crippen molar-refractivity contribution in [3.05, 3.63) is 91.1 Å². The summed E-state index contributed by atoms with van der Waals surface area (Å²) in [5.74, 6) is 0. The summed E-state index contributed by atoms with van der Waals surface area (Å²) < 4.78 is 33.4. The van der Waals surface area contributed by atoms with Crippen LogP contribution in [0.15, 0.2) is 106 Å². The average molecular weight is 479 g/mol. The van der Waals surface area contributed by atoms with E-state index < -0.39 is 10.1 Å². The Hall–Kier alpha value is -3.14. The summed E-state index contributed by atoms with van der Waals surface area (Å²) >= 11 is 0. The molecule has 0 aliphatic carbocycles. The number of hydrogen-bond donors (Lipinski definition) is 2. The second kappa shape index (κ2) is 9.61. The van der Waals surface area contributed by atoms with Gasteiger partial charge in [0.05, 0.1) is 17.1 Å². The molecule has 1 aromatic heterocycles. The van der Waals surface area contributed by atoms with Crippen LogP contribution in [-0.4, -0.2) is 47.5 Å². The van der Waals surface area contributed by atoms with Gasteiger partial charge in [-0.25, -0.2) is 0 Å². The van der Waals surface area contributed by atoms with Crippen molar-refractivity contribution in [1.29, 1.82) is 0 Å². The third-order valence-electron chi connectivity index (χ3n) is 5.39. The fourth-order valence-corrected chi connectivity index (χ4v) is 4.51. The van der Waals surface area contributed by atoms with E-state index in [-0.39, 0.29) is 45.8 Å². The van der Waals surface area contributed by atoms with Crippen molar-refractivity contribution in [3.63, 3.8) is 0 Å². The molecule has 0 aliphatic heterocycles. The van der Waals surface area contributed by atoms with Crippen LogP contribution in [0.5, 0.6) is 0 Å². The zero-order valence-electron chi connectivity index (χ0n) is 17.3. The first kappa shape index (κ1) is 24.0. The molecule has 0 spiro atoms. The number of nitrogen functional groups attached to an aromatic ring is 1. The fraction of sp³-hybridized carbons (Fsp3) is 0. The monoisotopic (exact) mass is 478 g/mol. The Bertz CT molecular complexity index is 1650. The van der Waals surface area contributed by atoms with Crippen molar-refractivity contribution in [1.82, 2.24) is 4.98 Å². The Morgan fingerprint density at radius 1 is 0.794 bits per heavy atom. The predicted octanol–water partition coefficient (Wildman–Crippen LogP) is 5.65. The molecule has 34 heavy (non-hydrogen) atoms. The van der Waals surface area contributed by atoms with E-state index in [0.29, 0.717) is 16.5 Å². The average Bonchev–Trinajstić information content (AvgIpc) is 2.83. The summed E-state index contributed by atoms with van der Waals surface area (Å²) in [7, 11) is -4.47. The molecule has 164 valence electrons. The number of azo groups is 1. The molecule has 7 nitrogen and oxygen atoms in total. The molecular weight excluding hydrogens is 459 g/mol. The molecule has 0 aliphatic rings. The van der Waals surface area contributed by atoms with Gasteiger partial charge in [0.15, 0.2) is 0 Å². The van der Waals surface area contributed by atoms with E-state index in [9.17, 15) is 13.0 Å². The molecule has 0 amide bonds. The molecule has 0 atom stereocenters. The van der Waals surface area contributed by atoms with Gasteiger partial charge in [0.25, 0.3) is 10.1 Å². The van der Waals surface area contributed by atoms with Gasteiger partial charge in [-0.2, -0.15) is 13.5 Å². The first-order valence-corrected chi connectivity index (χ1v) is 11.5. The van der Waals surface area contributed by atoms with E-state index in [2.05, 4.69) is 15.2 Å². The third kappa shape index (κ3) is 4.59. The van der Waals surface area contributed by atoms with Gasteiger partial charge in [0, 0.05) is 27.9 Å². The topological polar surface area (TPSA) is 118 Å². The standard InChI is InChI=1S/C25H18N4O3S.Na.H/c26-24-21-8-4-3-7-20(21)23(33(30,31)32)15-22(24)29-28-18-11-9-17(10-12-18)25-19-6-2-1-5-16(19)13-14-27-25;;/h1-15H,26H2,(H,30,31,32);;. The summed E-state index contributed by atoms with van der Waals surface area (Å²) in [6.45, 7) is 0. The van der Waals surface area contributed by atoms with Crippen molar-refractivity contribution in [2.75, 3.05) is 5.73 Å². The number of nitrogens with two attached hydrogens (primary N) is 1. The second-order valence-corrected chi connectivity index (χ2v) is 8.85. The van der Waals surface area contributed by atoms with E-state index in [1.165, 1.54) is 6.07 Å². The number of hydrogen-bond acceptors (Lipinski definition) is 6. The molecule has 0 saturated heterocycles. The molecule has 0 fully saturated rings. The van der Waals surface area contributed by atoms with Crippen LogP contribution in [-0.2, 0) is 10.1 Å². The minimum absolute atomic E-state index is 0. The Morgan fingerprint density at radius 3 is 2.15 bits per heavy atom. The summed E-state index contributed by atoms with van der Waals surface area (Å²) in [6.07, 6.45) is 1.78. The van der Waals surface area contributed by atoms with Gasteiger partial charge in [0.1, 0.15) is 10.6 Å². The Kier molecular flexibility index (Phi) is 6.79. The number of anilines is 1. The van der Waals surface area contributed by atoms with E-state index in [1.54, 1.807) is 42.6 Å².